The first-order valence-corrected chi connectivity index (χ1v) is 8.31. The number of phenolic OH excluding ortho intramolecular Hbond substituents is 1. The second-order valence-electron chi connectivity index (χ2n) is 3.96. The topological polar surface area (TPSA) is 66.4 Å². The van der Waals surface area contributed by atoms with Crippen molar-refractivity contribution in [2.24, 2.45) is 0 Å². The van der Waals surface area contributed by atoms with Crippen molar-refractivity contribution in [1.29, 1.82) is 0 Å². The second kappa shape index (κ2) is 5.59. The van der Waals surface area contributed by atoms with Gasteiger partial charge in [0.2, 0.25) is 0 Å². The van der Waals surface area contributed by atoms with E-state index in [1.54, 1.807) is 6.07 Å². The summed E-state index contributed by atoms with van der Waals surface area (Å²) in [6, 6.07) is 4.93. The maximum absolute atomic E-state index is 13.2. The highest BCUT2D eigenvalue weighted by Crippen LogP contribution is 2.34. The van der Waals surface area contributed by atoms with Crippen LogP contribution in [0.3, 0.4) is 0 Å². The first-order valence-electron chi connectivity index (χ1n) is 5.63. The highest BCUT2D eigenvalue weighted by molar-refractivity contribution is 7.94. The van der Waals surface area contributed by atoms with Crippen LogP contribution in [0, 0.1) is 5.82 Å². The van der Waals surface area contributed by atoms with Crippen LogP contribution >= 0.6 is 22.9 Å². The Morgan fingerprint density at radius 2 is 2.10 bits per heavy atom. The van der Waals surface area contributed by atoms with Crippen LogP contribution in [0.4, 0.5) is 10.1 Å². The molecule has 0 aliphatic heterocycles. The van der Waals surface area contributed by atoms with Gasteiger partial charge in [-0.25, -0.2) is 12.8 Å². The zero-order valence-corrected chi connectivity index (χ0v) is 12.7. The highest BCUT2D eigenvalue weighted by Gasteiger charge is 2.20. The Kier molecular flexibility index (Phi) is 4.22. The average Bonchev–Trinajstić information content (AvgIpc) is 2.84. The predicted octanol–water partition coefficient (Wildman–Crippen LogP) is 3.61. The number of anilines is 1. The van der Waals surface area contributed by atoms with Crippen molar-refractivity contribution >= 4 is 38.6 Å². The molecule has 0 aliphatic carbocycles. The van der Waals surface area contributed by atoms with Crippen LogP contribution in [0.25, 0.3) is 0 Å². The van der Waals surface area contributed by atoms with Gasteiger partial charge >= 0.3 is 0 Å². The van der Waals surface area contributed by atoms with Crippen LogP contribution in [0.15, 0.2) is 28.5 Å². The van der Waals surface area contributed by atoms with E-state index in [2.05, 4.69) is 4.72 Å². The molecule has 20 heavy (non-hydrogen) atoms. The van der Waals surface area contributed by atoms with E-state index in [0.29, 0.717) is 0 Å². The minimum atomic E-state index is -3.88. The van der Waals surface area contributed by atoms with Crippen molar-refractivity contribution in [3.8, 4) is 5.75 Å². The molecule has 1 aromatic carbocycles. The number of halogens is 2. The van der Waals surface area contributed by atoms with Gasteiger partial charge in [0.05, 0.1) is 10.7 Å². The lowest BCUT2D eigenvalue weighted by molar-refractivity contribution is 0.476. The lowest BCUT2D eigenvalue weighted by Crippen LogP contribution is -2.11. The summed E-state index contributed by atoms with van der Waals surface area (Å²) < 4.78 is 39.7. The number of aryl methyl sites for hydroxylation is 1. The zero-order chi connectivity index (χ0) is 14.9. The number of aromatic hydroxyl groups is 1. The molecular formula is C12H11ClFNO3S2. The van der Waals surface area contributed by atoms with Gasteiger partial charge in [-0.1, -0.05) is 18.5 Å². The third-order valence-corrected chi connectivity index (χ3v) is 5.90. The zero-order valence-electron chi connectivity index (χ0n) is 10.4. The normalized spacial score (nSPS) is 11.6. The van der Waals surface area contributed by atoms with Crippen molar-refractivity contribution in [2.45, 2.75) is 17.6 Å². The summed E-state index contributed by atoms with van der Waals surface area (Å²) in [7, 11) is -3.88. The van der Waals surface area contributed by atoms with Gasteiger partial charge in [0.1, 0.15) is 10.0 Å². The number of phenols is 1. The number of hydrogen-bond donors (Lipinski definition) is 2. The van der Waals surface area contributed by atoms with Gasteiger partial charge < -0.3 is 5.11 Å². The van der Waals surface area contributed by atoms with Crippen molar-refractivity contribution in [3.63, 3.8) is 0 Å². The number of sulfonamides is 1. The van der Waals surface area contributed by atoms with Crippen LogP contribution in [0.1, 0.15) is 11.8 Å². The standard InChI is InChI=1S/C12H11ClFNO3S2/c1-2-8-3-4-11(19-8)20(17,18)15-10-6-7(14)5-9(13)12(10)16/h3-6,15-16H,2H2,1H3. The molecule has 1 aromatic heterocycles. The van der Waals surface area contributed by atoms with Crippen molar-refractivity contribution in [2.75, 3.05) is 4.72 Å². The molecule has 1 heterocycles. The Morgan fingerprint density at radius 1 is 1.40 bits per heavy atom. The van der Waals surface area contributed by atoms with Crippen molar-refractivity contribution < 1.29 is 17.9 Å². The maximum atomic E-state index is 13.2. The van der Waals surface area contributed by atoms with Gasteiger partial charge in [0, 0.05) is 10.9 Å². The number of benzene rings is 1. The van der Waals surface area contributed by atoms with Gasteiger partial charge in [-0.15, -0.1) is 11.3 Å². The van der Waals surface area contributed by atoms with E-state index in [4.69, 9.17) is 11.6 Å². The molecule has 0 saturated heterocycles. The summed E-state index contributed by atoms with van der Waals surface area (Å²) >= 11 is 6.71. The molecular weight excluding hydrogens is 325 g/mol. The maximum Gasteiger partial charge on any atom is 0.271 e. The number of rotatable bonds is 4. The molecule has 8 heteroatoms. The Morgan fingerprint density at radius 3 is 2.70 bits per heavy atom. The Hall–Kier alpha value is -1.31. The molecule has 2 rings (SSSR count). The molecule has 4 nitrogen and oxygen atoms in total. The average molecular weight is 336 g/mol. The molecule has 0 amide bonds. The van der Waals surface area contributed by atoms with Crippen LogP contribution < -0.4 is 4.72 Å². The van der Waals surface area contributed by atoms with E-state index < -0.39 is 21.6 Å². The fourth-order valence-corrected chi connectivity index (χ4v) is 4.09. The number of hydrogen-bond acceptors (Lipinski definition) is 4. The van der Waals surface area contributed by atoms with Gasteiger partial charge in [-0.2, -0.15) is 0 Å². The smallest absolute Gasteiger partial charge is 0.271 e. The Balaban J connectivity index is 2.38. The van der Waals surface area contributed by atoms with E-state index >= 15 is 0 Å². The molecule has 0 bridgehead atoms. The van der Waals surface area contributed by atoms with E-state index in [1.165, 1.54) is 6.07 Å². The molecule has 108 valence electrons. The molecule has 0 fully saturated rings. The van der Waals surface area contributed by atoms with Crippen LogP contribution in [-0.2, 0) is 16.4 Å². The summed E-state index contributed by atoms with van der Waals surface area (Å²) in [4.78, 5) is 0.909. The highest BCUT2D eigenvalue weighted by atomic mass is 35.5. The largest absolute Gasteiger partial charge is 0.504 e. The van der Waals surface area contributed by atoms with Crippen molar-refractivity contribution in [1.82, 2.24) is 0 Å². The van der Waals surface area contributed by atoms with Crippen LogP contribution in [0.2, 0.25) is 5.02 Å². The third kappa shape index (κ3) is 3.05. The van der Waals surface area contributed by atoms with E-state index in [9.17, 15) is 17.9 Å². The van der Waals surface area contributed by atoms with Gasteiger partial charge in [-0.3, -0.25) is 4.72 Å². The molecule has 0 saturated carbocycles. The number of nitrogens with one attached hydrogen (secondary N) is 1. The first-order chi connectivity index (χ1) is 9.33. The molecule has 2 N–H and O–H groups in total. The molecule has 0 atom stereocenters. The summed E-state index contributed by atoms with van der Waals surface area (Å²) in [6.45, 7) is 1.91. The summed E-state index contributed by atoms with van der Waals surface area (Å²) in [5.74, 6) is -1.25. The molecule has 0 aliphatic rings. The fraction of sp³-hybridized carbons (Fsp3) is 0.167. The van der Waals surface area contributed by atoms with Crippen LogP contribution in [0.5, 0.6) is 5.75 Å². The van der Waals surface area contributed by atoms with Gasteiger partial charge in [-0.05, 0) is 24.6 Å². The number of thiophene rings is 1. The molecule has 0 spiro atoms. The summed E-state index contributed by atoms with van der Waals surface area (Å²) in [5, 5.41) is 9.40. The monoisotopic (exact) mass is 335 g/mol. The lowest BCUT2D eigenvalue weighted by Gasteiger charge is -2.09. The first kappa shape index (κ1) is 15.1. The minimum absolute atomic E-state index is 0.0918. The fourth-order valence-electron chi connectivity index (χ4n) is 1.53. The SMILES string of the molecule is CCc1ccc(S(=O)(=O)Nc2cc(F)cc(Cl)c2O)s1. The predicted molar refractivity (Wildman–Crippen MR) is 77.6 cm³/mol. The van der Waals surface area contributed by atoms with E-state index in [-0.39, 0.29) is 14.9 Å². The quantitative estimate of drug-likeness (QED) is 0.839. The Bertz CT molecular complexity index is 743. The van der Waals surface area contributed by atoms with Gasteiger partial charge in [0.15, 0.2) is 5.75 Å². The molecule has 2 aromatic rings. The Labute approximate surface area is 124 Å². The second-order valence-corrected chi connectivity index (χ2v) is 7.45. The minimum Gasteiger partial charge on any atom is -0.504 e. The van der Waals surface area contributed by atoms with E-state index in [1.807, 2.05) is 6.92 Å². The lowest BCUT2D eigenvalue weighted by atomic mass is 10.3. The van der Waals surface area contributed by atoms with Crippen molar-refractivity contribution in [3.05, 3.63) is 40.0 Å². The third-order valence-electron chi connectivity index (χ3n) is 2.52. The molecule has 0 unspecified atom stereocenters. The molecule has 0 radical (unpaired) electrons. The van der Waals surface area contributed by atoms with Crippen LogP contribution in [-0.4, -0.2) is 13.5 Å². The summed E-state index contributed by atoms with van der Waals surface area (Å²) in [5.41, 5.74) is -0.290. The van der Waals surface area contributed by atoms with Gasteiger partial charge in [0.25, 0.3) is 10.0 Å². The summed E-state index contributed by atoms with van der Waals surface area (Å²) in [6.07, 6.45) is 0.719. The van der Waals surface area contributed by atoms with E-state index in [0.717, 1.165) is 34.8 Å².